The van der Waals surface area contributed by atoms with Crippen LogP contribution in [0, 0.1) is 5.82 Å². The zero-order chi connectivity index (χ0) is 16.6. The first-order chi connectivity index (χ1) is 11.0. The number of hydrogen-bond acceptors (Lipinski definition) is 2. The van der Waals surface area contributed by atoms with Gasteiger partial charge in [-0.05, 0) is 48.9 Å². The Morgan fingerprint density at radius 1 is 1.13 bits per heavy atom. The molecule has 0 aliphatic heterocycles. The molecule has 4 nitrogen and oxygen atoms in total. The van der Waals surface area contributed by atoms with Gasteiger partial charge >= 0.3 is 5.97 Å². The molecular weight excluding hydrogens is 297 g/mol. The molecule has 5 heteroatoms. The van der Waals surface area contributed by atoms with Crippen LogP contribution >= 0.6 is 0 Å². The third-order valence-corrected chi connectivity index (χ3v) is 3.82. The smallest absolute Gasteiger partial charge is 0.341 e. The molecule has 0 saturated heterocycles. The van der Waals surface area contributed by atoms with Crippen LogP contribution < -0.4 is 5.43 Å². The molecule has 3 rings (SSSR count). The predicted molar refractivity (Wildman–Crippen MR) is 86.2 cm³/mol. The van der Waals surface area contributed by atoms with Gasteiger partial charge in [-0.2, -0.15) is 0 Å². The first-order valence-corrected chi connectivity index (χ1v) is 7.19. The van der Waals surface area contributed by atoms with E-state index in [4.69, 9.17) is 0 Å². The standard InChI is InChI=1S/C18H14FNO3/c1-2-20-14-6-4-3-5-13(14)17(21)15(18(22)23)16(20)11-7-9-12(19)10-8-11/h3-10H,2H2,1H3,(H,22,23). The summed E-state index contributed by atoms with van der Waals surface area (Å²) in [6.07, 6.45) is 0. The molecule has 3 aromatic rings. The van der Waals surface area contributed by atoms with E-state index in [0.717, 1.165) is 0 Å². The fourth-order valence-corrected chi connectivity index (χ4v) is 2.83. The molecule has 0 spiro atoms. The molecule has 0 fully saturated rings. The Labute approximate surface area is 131 Å². The number of pyridine rings is 1. The molecule has 2 aromatic carbocycles. The van der Waals surface area contributed by atoms with Gasteiger partial charge in [-0.3, -0.25) is 4.79 Å². The topological polar surface area (TPSA) is 59.3 Å². The highest BCUT2D eigenvalue weighted by Gasteiger charge is 2.22. The van der Waals surface area contributed by atoms with Crippen LogP contribution in [0.1, 0.15) is 17.3 Å². The Balaban J connectivity index is 2.52. The van der Waals surface area contributed by atoms with Crippen molar-refractivity contribution in [2.75, 3.05) is 0 Å². The molecule has 1 aromatic heterocycles. The number of halogens is 1. The maximum atomic E-state index is 13.2. The first kappa shape index (κ1) is 15.0. The maximum absolute atomic E-state index is 13.2. The third-order valence-electron chi connectivity index (χ3n) is 3.82. The van der Waals surface area contributed by atoms with Crippen molar-refractivity contribution in [3.63, 3.8) is 0 Å². The predicted octanol–water partition coefficient (Wildman–Crippen LogP) is 3.53. The summed E-state index contributed by atoms with van der Waals surface area (Å²) in [4.78, 5) is 24.3. The summed E-state index contributed by atoms with van der Waals surface area (Å²) in [7, 11) is 0. The summed E-state index contributed by atoms with van der Waals surface area (Å²) >= 11 is 0. The maximum Gasteiger partial charge on any atom is 0.341 e. The van der Waals surface area contributed by atoms with Crippen LogP contribution in [0.4, 0.5) is 4.39 Å². The lowest BCUT2D eigenvalue weighted by Gasteiger charge is -2.18. The number of aromatic nitrogens is 1. The first-order valence-electron chi connectivity index (χ1n) is 7.19. The number of benzene rings is 2. The molecule has 0 aliphatic carbocycles. The van der Waals surface area contributed by atoms with E-state index < -0.39 is 17.2 Å². The van der Waals surface area contributed by atoms with Gasteiger partial charge in [0.1, 0.15) is 11.4 Å². The molecule has 0 aliphatic rings. The van der Waals surface area contributed by atoms with Gasteiger partial charge in [0, 0.05) is 11.9 Å². The van der Waals surface area contributed by atoms with E-state index in [0.29, 0.717) is 28.7 Å². The third kappa shape index (κ3) is 2.40. The zero-order valence-corrected chi connectivity index (χ0v) is 12.4. The van der Waals surface area contributed by atoms with Crippen LogP contribution in [0.25, 0.3) is 22.2 Å². The van der Waals surface area contributed by atoms with Crippen LogP contribution in [-0.2, 0) is 6.54 Å². The number of nitrogens with zero attached hydrogens (tertiary/aromatic N) is 1. The molecule has 0 saturated carbocycles. The lowest BCUT2D eigenvalue weighted by Crippen LogP contribution is -2.22. The SMILES string of the molecule is CCn1c(-c2ccc(F)cc2)c(C(=O)O)c(=O)c2ccccc21. The van der Waals surface area contributed by atoms with Gasteiger partial charge in [-0.25, -0.2) is 9.18 Å². The van der Waals surface area contributed by atoms with Crippen molar-refractivity contribution in [2.24, 2.45) is 0 Å². The van der Waals surface area contributed by atoms with Crippen molar-refractivity contribution in [1.29, 1.82) is 0 Å². The van der Waals surface area contributed by atoms with Crippen molar-refractivity contribution >= 4 is 16.9 Å². The van der Waals surface area contributed by atoms with Gasteiger partial charge in [0.25, 0.3) is 0 Å². The molecule has 0 amide bonds. The van der Waals surface area contributed by atoms with Crippen molar-refractivity contribution in [3.8, 4) is 11.3 Å². The second kappa shape index (κ2) is 5.68. The van der Waals surface area contributed by atoms with E-state index >= 15 is 0 Å². The van der Waals surface area contributed by atoms with Gasteiger partial charge in [0.2, 0.25) is 5.43 Å². The van der Waals surface area contributed by atoms with Crippen LogP contribution in [0.2, 0.25) is 0 Å². The zero-order valence-electron chi connectivity index (χ0n) is 12.4. The Morgan fingerprint density at radius 3 is 2.39 bits per heavy atom. The Hall–Kier alpha value is -2.95. The van der Waals surface area contributed by atoms with E-state index in [9.17, 15) is 19.1 Å². The number of fused-ring (bicyclic) bond motifs is 1. The Bertz CT molecular complexity index is 958. The van der Waals surface area contributed by atoms with Crippen LogP contribution in [0.15, 0.2) is 53.3 Å². The van der Waals surface area contributed by atoms with Crippen LogP contribution in [0.5, 0.6) is 0 Å². The molecule has 23 heavy (non-hydrogen) atoms. The molecular formula is C18H14FNO3. The van der Waals surface area contributed by atoms with E-state index in [1.807, 2.05) is 6.92 Å². The van der Waals surface area contributed by atoms with E-state index in [1.54, 1.807) is 28.8 Å². The second-order valence-corrected chi connectivity index (χ2v) is 5.13. The van der Waals surface area contributed by atoms with E-state index in [2.05, 4.69) is 0 Å². The van der Waals surface area contributed by atoms with Crippen molar-refractivity contribution in [1.82, 2.24) is 4.57 Å². The number of rotatable bonds is 3. The Morgan fingerprint density at radius 2 is 1.78 bits per heavy atom. The van der Waals surface area contributed by atoms with Gasteiger partial charge in [0.15, 0.2) is 0 Å². The Kier molecular flexibility index (Phi) is 3.70. The number of para-hydroxylation sites is 1. The number of carboxylic acids is 1. The molecule has 116 valence electrons. The minimum Gasteiger partial charge on any atom is -0.477 e. The molecule has 0 atom stereocenters. The van der Waals surface area contributed by atoms with Gasteiger partial charge in [-0.1, -0.05) is 12.1 Å². The molecule has 0 unspecified atom stereocenters. The average molecular weight is 311 g/mol. The highest BCUT2D eigenvalue weighted by atomic mass is 19.1. The minimum atomic E-state index is -1.29. The van der Waals surface area contributed by atoms with E-state index in [1.165, 1.54) is 24.3 Å². The molecule has 1 N–H and O–H groups in total. The fraction of sp³-hybridized carbons (Fsp3) is 0.111. The highest BCUT2D eigenvalue weighted by Crippen LogP contribution is 2.26. The number of aromatic carboxylic acids is 1. The normalized spacial score (nSPS) is 10.9. The number of aryl methyl sites for hydroxylation is 1. The van der Waals surface area contributed by atoms with Gasteiger partial charge < -0.3 is 9.67 Å². The number of carboxylic acid groups (broad SMARTS) is 1. The van der Waals surface area contributed by atoms with E-state index in [-0.39, 0.29) is 5.56 Å². The molecule has 0 radical (unpaired) electrons. The summed E-state index contributed by atoms with van der Waals surface area (Å²) in [6.45, 7) is 2.35. The summed E-state index contributed by atoms with van der Waals surface area (Å²) in [5, 5.41) is 9.91. The van der Waals surface area contributed by atoms with Crippen molar-refractivity contribution in [3.05, 3.63) is 70.1 Å². The minimum absolute atomic E-state index is 0.294. The summed E-state index contributed by atoms with van der Waals surface area (Å²) < 4.78 is 15.0. The lowest BCUT2D eigenvalue weighted by atomic mass is 10.0. The summed E-state index contributed by atoms with van der Waals surface area (Å²) in [5.41, 5.74) is 0.621. The number of carbonyl (C=O) groups is 1. The van der Waals surface area contributed by atoms with Crippen LogP contribution in [0.3, 0.4) is 0 Å². The molecule has 1 heterocycles. The van der Waals surface area contributed by atoms with Gasteiger partial charge in [0.05, 0.1) is 11.2 Å². The molecule has 0 bridgehead atoms. The van der Waals surface area contributed by atoms with Crippen LogP contribution in [-0.4, -0.2) is 15.6 Å². The van der Waals surface area contributed by atoms with Crippen molar-refractivity contribution < 1.29 is 14.3 Å². The van der Waals surface area contributed by atoms with Gasteiger partial charge in [-0.15, -0.1) is 0 Å². The summed E-state index contributed by atoms with van der Waals surface area (Å²) in [5.74, 6) is -1.71. The average Bonchev–Trinajstić information content (AvgIpc) is 2.55. The summed E-state index contributed by atoms with van der Waals surface area (Å²) in [6, 6.07) is 12.4. The lowest BCUT2D eigenvalue weighted by molar-refractivity contribution is 0.0696. The highest BCUT2D eigenvalue weighted by molar-refractivity contribution is 5.99. The largest absolute Gasteiger partial charge is 0.477 e. The number of hydrogen-bond donors (Lipinski definition) is 1. The second-order valence-electron chi connectivity index (χ2n) is 5.13. The fourth-order valence-electron chi connectivity index (χ4n) is 2.83. The quantitative estimate of drug-likeness (QED) is 0.805. The monoisotopic (exact) mass is 311 g/mol. The van der Waals surface area contributed by atoms with Crippen molar-refractivity contribution in [2.45, 2.75) is 13.5 Å².